The summed E-state index contributed by atoms with van der Waals surface area (Å²) >= 11 is 0. The van der Waals surface area contributed by atoms with Crippen molar-refractivity contribution >= 4 is 23.4 Å². The number of nitrogens with zero attached hydrogens (tertiary/aromatic N) is 1. The molecule has 0 aliphatic carbocycles. The van der Waals surface area contributed by atoms with Gasteiger partial charge in [0.25, 0.3) is 0 Å². The second-order valence-electron chi connectivity index (χ2n) is 5.80. The van der Waals surface area contributed by atoms with Crippen molar-refractivity contribution in [1.82, 2.24) is 10.2 Å². The molecule has 1 fully saturated rings. The number of rotatable bonds is 2. The zero-order valence-corrected chi connectivity index (χ0v) is 13.2. The first-order chi connectivity index (χ1) is 9.13. The van der Waals surface area contributed by atoms with Gasteiger partial charge in [-0.25, -0.2) is 0 Å². The van der Waals surface area contributed by atoms with Crippen LogP contribution in [0.15, 0.2) is 28.7 Å². The zero-order valence-electron chi connectivity index (χ0n) is 12.3. The smallest absolute Gasteiger partial charge is 0.134 e. The van der Waals surface area contributed by atoms with Crippen LogP contribution in [0.25, 0.3) is 11.0 Å². The van der Waals surface area contributed by atoms with Crippen LogP contribution in [0.2, 0.25) is 0 Å². The van der Waals surface area contributed by atoms with E-state index in [2.05, 4.69) is 49.2 Å². The molecule has 2 aromatic rings. The van der Waals surface area contributed by atoms with Crippen molar-refractivity contribution in [3.8, 4) is 0 Å². The van der Waals surface area contributed by atoms with Crippen molar-refractivity contribution in [2.45, 2.75) is 39.4 Å². The Morgan fingerprint density at radius 2 is 1.85 bits per heavy atom. The topological polar surface area (TPSA) is 28.4 Å². The molecule has 0 bridgehead atoms. The third-order valence-electron chi connectivity index (χ3n) is 3.92. The molecule has 1 aromatic heterocycles. The van der Waals surface area contributed by atoms with Gasteiger partial charge in [0, 0.05) is 42.7 Å². The number of halogens is 1. The van der Waals surface area contributed by atoms with Crippen LogP contribution in [0, 0.1) is 6.92 Å². The molecular formula is C16H23ClN2O. The van der Waals surface area contributed by atoms with Crippen molar-refractivity contribution in [3.63, 3.8) is 0 Å². The number of nitrogens with one attached hydrogen (secondary N) is 1. The molecule has 1 aliphatic rings. The number of aryl methyl sites for hydroxylation is 1. The van der Waals surface area contributed by atoms with Gasteiger partial charge in [0.2, 0.25) is 0 Å². The Kier molecular flexibility index (Phi) is 4.74. The average molecular weight is 295 g/mol. The third-order valence-corrected chi connectivity index (χ3v) is 3.92. The van der Waals surface area contributed by atoms with Crippen LogP contribution < -0.4 is 5.32 Å². The number of benzene rings is 1. The van der Waals surface area contributed by atoms with E-state index >= 15 is 0 Å². The SMILES string of the molecule is Cc1oc2ccccc2c1CN1CC(C)NC(C)C1.Cl. The first-order valence-corrected chi connectivity index (χ1v) is 7.09. The van der Waals surface area contributed by atoms with Gasteiger partial charge < -0.3 is 9.73 Å². The fourth-order valence-corrected chi connectivity index (χ4v) is 3.21. The number of para-hydroxylation sites is 1. The van der Waals surface area contributed by atoms with E-state index < -0.39 is 0 Å². The summed E-state index contributed by atoms with van der Waals surface area (Å²) < 4.78 is 5.85. The van der Waals surface area contributed by atoms with Crippen LogP contribution in [0.1, 0.15) is 25.2 Å². The molecule has 0 amide bonds. The molecule has 110 valence electrons. The molecule has 1 N–H and O–H groups in total. The van der Waals surface area contributed by atoms with Gasteiger partial charge in [0.05, 0.1) is 0 Å². The third kappa shape index (κ3) is 3.00. The number of fused-ring (bicyclic) bond motifs is 1. The maximum Gasteiger partial charge on any atom is 0.134 e. The summed E-state index contributed by atoms with van der Waals surface area (Å²) in [6, 6.07) is 9.45. The van der Waals surface area contributed by atoms with Crippen molar-refractivity contribution < 1.29 is 4.42 Å². The Morgan fingerprint density at radius 1 is 1.20 bits per heavy atom. The number of hydrogen-bond acceptors (Lipinski definition) is 3. The monoisotopic (exact) mass is 294 g/mol. The molecule has 0 radical (unpaired) electrons. The van der Waals surface area contributed by atoms with Gasteiger partial charge >= 0.3 is 0 Å². The Balaban J connectivity index is 0.00000147. The lowest BCUT2D eigenvalue weighted by Gasteiger charge is -2.36. The Morgan fingerprint density at radius 3 is 2.55 bits per heavy atom. The highest BCUT2D eigenvalue weighted by Gasteiger charge is 2.22. The van der Waals surface area contributed by atoms with Gasteiger partial charge in [0.1, 0.15) is 11.3 Å². The Labute approximate surface area is 126 Å². The van der Waals surface area contributed by atoms with E-state index in [9.17, 15) is 0 Å². The summed E-state index contributed by atoms with van der Waals surface area (Å²) in [4.78, 5) is 2.52. The van der Waals surface area contributed by atoms with Gasteiger partial charge in [-0.15, -0.1) is 12.4 Å². The predicted molar refractivity (Wildman–Crippen MR) is 85.5 cm³/mol. The minimum Gasteiger partial charge on any atom is -0.461 e. The van der Waals surface area contributed by atoms with E-state index in [1.165, 1.54) is 10.9 Å². The summed E-state index contributed by atoms with van der Waals surface area (Å²) in [5, 5.41) is 4.84. The summed E-state index contributed by atoms with van der Waals surface area (Å²) in [5.41, 5.74) is 2.35. The molecule has 3 nitrogen and oxygen atoms in total. The van der Waals surface area contributed by atoms with Gasteiger partial charge in [-0.3, -0.25) is 4.90 Å². The number of hydrogen-bond donors (Lipinski definition) is 1. The van der Waals surface area contributed by atoms with Crippen molar-refractivity contribution in [3.05, 3.63) is 35.6 Å². The zero-order chi connectivity index (χ0) is 13.4. The Bertz CT molecular complexity index is 571. The van der Waals surface area contributed by atoms with Crippen molar-refractivity contribution in [2.75, 3.05) is 13.1 Å². The summed E-state index contributed by atoms with van der Waals surface area (Å²) in [6.07, 6.45) is 0. The second kappa shape index (κ2) is 6.17. The summed E-state index contributed by atoms with van der Waals surface area (Å²) in [5.74, 6) is 1.06. The lowest BCUT2D eigenvalue weighted by molar-refractivity contribution is 0.166. The second-order valence-corrected chi connectivity index (χ2v) is 5.80. The maximum atomic E-state index is 5.85. The van der Waals surface area contributed by atoms with Crippen LogP contribution in [-0.2, 0) is 6.54 Å². The van der Waals surface area contributed by atoms with Gasteiger partial charge in [0.15, 0.2) is 0 Å². The van der Waals surface area contributed by atoms with Crippen LogP contribution >= 0.6 is 12.4 Å². The van der Waals surface area contributed by atoms with Gasteiger partial charge in [-0.2, -0.15) is 0 Å². The molecule has 1 saturated heterocycles. The lowest BCUT2D eigenvalue weighted by Crippen LogP contribution is -2.53. The first-order valence-electron chi connectivity index (χ1n) is 7.09. The summed E-state index contributed by atoms with van der Waals surface area (Å²) in [7, 11) is 0. The van der Waals surface area contributed by atoms with Crippen LogP contribution in [0.5, 0.6) is 0 Å². The van der Waals surface area contributed by atoms with E-state index in [0.29, 0.717) is 12.1 Å². The van der Waals surface area contributed by atoms with Crippen LogP contribution in [0.3, 0.4) is 0 Å². The number of furan rings is 1. The average Bonchev–Trinajstić information content (AvgIpc) is 2.65. The molecule has 3 rings (SSSR count). The molecule has 0 spiro atoms. The fraction of sp³-hybridized carbons (Fsp3) is 0.500. The predicted octanol–water partition coefficient (Wildman–Crippen LogP) is 3.35. The molecule has 2 heterocycles. The van der Waals surface area contributed by atoms with Crippen molar-refractivity contribution in [2.24, 2.45) is 0 Å². The summed E-state index contributed by atoms with van der Waals surface area (Å²) in [6.45, 7) is 9.77. The van der Waals surface area contributed by atoms with Crippen LogP contribution in [0.4, 0.5) is 0 Å². The Hall–Kier alpha value is -1.03. The molecule has 0 saturated carbocycles. The highest BCUT2D eigenvalue weighted by molar-refractivity contribution is 5.85. The molecule has 1 aromatic carbocycles. The lowest BCUT2D eigenvalue weighted by atomic mass is 10.1. The van der Waals surface area contributed by atoms with E-state index in [-0.39, 0.29) is 12.4 Å². The molecule has 4 heteroatoms. The highest BCUT2D eigenvalue weighted by atomic mass is 35.5. The van der Waals surface area contributed by atoms with Crippen molar-refractivity contribution in [1.29, 1.82) is 0 Å². The fourth-order valence-electron chi connectivity index (χ4n) is 3.21. The first kappa shape index (κ1) is 15.4. The van der Waals surface area contributed by atoms with Gasteiger partial charge in [-0.1, -0.05) is 18.2 Å². The molecular weight excluding hydrogens is 272 g/mol. The van der Waals surface area contributed by atoms with E-state index in [1.54, 1.807) is 0 Å². The standard InChI is InChI=1S/C16H22N2O.ClH/c1-11-8-18(9-12(2)17-11)10-15-13(3)19-16-7-5-4-6-14(15)16;/h4-7,11-12,17H,8-10H2,1-3H3;1H. The molecule has 20 heavy (non-hydrogen) atoms. The molecule has 2 atom stereocenters. The molecule has 1 aliphatic heterocycles. The normalized spacial score (nSPS) is 23.8. The highest BCUT2D eigenvalue weighted by Crippen LogP contribution is 2.26. The largest absolute Gasteiger partial charge is 0.461 e. The quantitative estimate of drug-likeness (QED) is 0.921. The van der Waals surface area contributed by atoms with E-state index in [1.807, 2.05) is 6.07 Å². The minimum atomic E-state index is 0. The van der Waals surface area contributed by atoms with E-state index in [0.717, 1.165) is 31.0 Å². The van der Waals surface area contributed by atoms with Crippen LogP contribution in [-0.4, -0.2) is 30.1 Å². The maximum absolute atomic E-state index is 5.85. The number of piperazine rings is 1. The minimum absolute atomic E-state index is 0. The van der Waals surface area contributed by atoms with E-state index in [4.69, 9.17) is 4.42 Å². The van der Waals surface area contributed by atoms with Gasteiger partial charge in [-0.05, 0) is 26.8 Å². The molecule has 2 unspecified atom stereocenters.